The highest BCUT2D eigenvalue weighted by Crippen LogP contribution is 2.36. The number of nitrogens with one attached hydrogen (secondary N) is 2. The molecular weight excluding hydrogens is 679 g/mol. The van der Waals surface area contributed by atoms with Crippen LogP contribution in [0.15, 0.2) is 53.3 Å². The van der Waals surface area contributed by atoms with Gasteiger partial charge in [-0.25, -0.2) is 4.98 Å². The van der Waals surface area contributed by atoms with Crippen molar-refractivity contribution in [2.24, 2.45) is 16.6 Å². The number of aliphatic imine (C=N–C) groups is 1. The number of benzene rings is 2. The van der Waals surface area contributed by atoms with E-state index < -0.39 is 41.5 Å². The third kappa shape index (κ3) is 7.27. The molecule has 1 saturated carbocycles. The Morgan fingerprint density at radius 1 is 1.02 bits per heavy atom. The van der Waals surface area contributed by atoms with Crippen molar-refractivity contribution in [3.63, 3.8) is 0 Å². The number of allylic oxidation sites excluding steroid dienone is 2. The van der Waals surface area contributed by atoms with Gasteiger partial charge in [-0.05, 0) is 92.7 Å². The minimum absolute atomic E-state index is 0.0125. The standard InChI is InChI=1S/C37H38F3N7O5/c38-37(39,40)33(41)27(30-19-44-28-6-3-22(16-29(28)45-30)21-9-12-52-13-10-21)18-43-24-14-20(15-24)2-1-11-42-23-4-5-25-26(17-23)36(51)47(35(25)50)31-7-8-32(48)46-34(31)49/h3-6,16-21,24,31,42H,1-2,7-15,41H2,(H,46,48,49). The Morgan fingerprint density at radius 2 is 1.79 bits per heavy atom. The summed E-state index contributed by atoms with van der Waals surface area (Å²) in [4.78, 5) is 64.2. The number of piperidine rings is 1. The molecule has 1 unspecified atom stereocenters. The van der Waals surface area contributed by atoms with E-state index in [0.717, 1.165) is 49.0 Å². The smallest absolute Gasteiger partial charge is 0.394 e. The summed E-state index contributed by atoms with van der Waals surface area (Å²) in [5.41, 5.74) is 7.26. The van der Waals surface area contributed by atoms with Crippen LogP contribution in [0.1, 0.15) is 89.3 Å². The summed E-state index contributed by atoms with van der Waals surface area (Å²) in [5.74, 6) is -1.58. The summed E-state index contributed by atoms with van der Waals surface area (Å²) in [6.07, 6.45) is 2.69. The van der Waals surface area contributed by atoms with Gasteiger partial charge < -0.3 is 15.8 Å². The number of carbonyl (C=O) groups is 4. The number of nitrogens with two attached hydrogens (primary N) is 1. The number of fused-ring (bicyclic) bond motifs is 2. The largest absolute Gasteiger partial charge is 0.431 e. The third-order valence-corrected chi connectivity index (χ3v) is 10.3. The summed E-state index contributed by atoms with van der Waals surface area (Å²) in [6.45, 7) is 1.92. The highest BCUT2D eigenvalue weighted by atomic mass is 19.4. The minimum atomic E-state index is -4.77. The number of ether oxygens (including phenoxy) is 1. The predicted molar refractivity (Wildman–Crippen MR) is 185 cm³/mol. The predicted octanol–water partition coefficient (Wildman–Crippen LogP) is 4.90. The Kier molecular flexibility index (Phi) is 9.79. The van der Waals surface area contributed by atoms with Gasteiger partial charge in [0.1, 0.15) is 11.7 Å². The maximum Gasteiger partial charge on any atom is 0.431 e. The molecule has 0 bridgehead atoms. The van der Waals surface area contributed by atoms with Gasteiger partial charge in [0, 0.05) is 43.7 Å². The fourth-order valence-corrected chi connectivity index (χ4v) is 7.31. The molecule has 3 aromatic rings. The number of alkyl halides is 3. The molecule has 52 heavy (non-hydrogen) atoms. The molecule has 4 amide bonds. The van der Waals surface area contributed by atoms with Gasteiger partial charge in [0.25, 0.3) is 11.8 Å². The Hall–Kier alpha value is -5.18. The van der Waals surface area contributed by atoms with Crippen molar-refractivity contribution in [3.05, 3.63) is 70.7 Å². The maximum absolute atomic E-state index is 13.8. The van der Waals surface area contributed by atoms with Gasteiger partial charge in [0.15, 0.2) is 0 Å². The first-order valence-corrected chi connectivity index (χ1v) is 17.5. The first-order chi connectivity index (χ1) is 25.0. The molecule has 1 aliphatic carbocycles. The van der Waals surface area contributed by atoms with Gasteiger partial charge in [0.05, 0.1) is 40.1 Å². The van der Waals surface area contributed by atoms with Gasteiger partial charge in [0.2, 0.25) is 11.8 Å². The molecule has 7 rings (SSSR count). The number of imide groups is 2. The molecule has 1 aromatic heterocycles. The second-order valence-corrected chi connectivity index (χ2v) is 13.8. The summed E-state index contributed by atoms with van der Waals surface area (Å²) < 4.78 is 47.0. The highest BCUT2D eigenvalue weighted by molar-refractivity contribution is 6.23. The van der Waals surface area contributed by atoms with Crippen LogP contribution in [0, 0.1) is 5.92 Å². The van der Waals surface area contributed by atoms with Crippen LogP contribution in [0.4, 0.5) is 18.9 Å². The van der Waals surface area contributed by atoms with Gasteiger partial charge in [-0.3, -0.25) is 39.4 Å². The van der Waals surface area contributed by atoms with Gasteiger partial charge in [-0.15, -0.1) is 0 Å². The van der Waals surface area contributed by atoms with E-state index in [4.69, 9.17) is 10.5 Å². The minimum Gasteiger partial charge on any atom is -0.394 e. The van der Waals surface area contributed by atoms with E-state index in [1.54, 1.807) is 18.2 Å². The zero-order valence-corrected chi connectivity index (χ0v) is 28.2. The van der Waals surface area contributed by atoms with E-state index in [2.05, 4.69) is 25.6 Å². The second kappa shape index (κ2) is 14.4. The zero-order chi connectivity index (χ0) is 36.6. The molecule has 4 N–H and O–H groups in total. The molecule has 2 aromatic carbocycles. The van der Waals surface area contributed by atoms with Crippen LogP contribution in [-0.4, -0.2) is 82.7 Å². The van der Waals surface area contributed by atoms with E-state index >= 15 is 0 Å². The van der Waals surface area contributed by atoms with Gasteiger partial charge in [-0.2, -0.15) is 13.2 Å². The van der Waals surface area contributed by atoms with E-state index in [1.165, 1.54) is 12.4 Å². The molecular formula is C37H38F3N7O5. The average Bonchev–Trinajstić information content (AvgIpc) is 3.36. The summed E-state index contributed by atoms with van der Waals surface area (Å²) in [7, 11) is 0. The van der Waals surface area contributed by atoms with Gasteiger partial charge >= 0.3 is 6.18 Å². The fourth-order valence-electron chi connectivity index (χ4n) is 7.31. The monoisotopic (exact) mass is 717 g/mol. The lowest BCUT2D eigenvalue weighted by Crippen LogP contribution is -2.54. The molecule has 2 saturated heterocycles. The highest BCUT2D eigenvalue weighted by Gasteiger charge is 2.44. The number of hydrogen-bond donors (Lipinski definition) is 3. The van der Waals surface area contributed by atoms with Crippen LogP contribution in [0.3, 0.4) is 0 Å². The number of rotatable bonds is 10. The number of aromatic nitrogens is 2. The second-order valence-electron chi connectivity index (χ2n) is 13.8. The lowest BCUT2D eigenvalue weighted by molar-refractivity contribution is -0.136. The van der Waals surface area contributed by atoms with Crippen LogP contribution in [0.5, 0.6) is 0 Å². The van der Waals surface area contributed by atoms with Crippen molar-refractivity contribution in [2.75, 3.05) is 25.1 Å². The Labute approximate surface area is 297 Å². The fraction of sp³-hybridized carbons (Fsp3) is 0.432. The number of carbonyl (C=O) groups excluding carboxylic acids is 4. The maximum atomic E-state index is 13.8. The van der Waals surface area contributed by atoms with Crippen LogP contribution >= 0.6 is 0 Å². The summed E-state index contributed by atoms with van der Waals surface area (Å²) in [6, 6.07) is 9.39. The quantitative estimate of drug-likeness (QED) is 0.150. The molecule has 3 aliphatic heterocycles. The van der Waals surface area contributed by atoms with Crippen molar-refractivity contribution < 1.29 is 37.1 Å². The summed E-state index contributed by atoms with van der Waals surface area (Å²) in [5, 5.41) is 5.46. The first-order valence-electron chi connectivity index (χ1n) is 17.5. The van der Waals surface area contributed by atoms with Gasteiger partial charge in [-0.1, -0.05) is 6.07 Å². The lowest BCUT2D eigenvalue weighted by atomic mass is 9.78. The SMILES string of the molecule is NC(=C(C=NC1CC(CCCNc2ccc3c(c2)C(=O)N(C2CCC(=O)NC2=O)C3=O)C1)c1cnc2ccc(C3CCOCC3)cc2n1)C(F)(F)F. The summed E-state index contributed by atoms with van der Waals surface area (Å²) >= 11 is 0. The van der Waals surface area contributed by atoms with E-state index in [-0.39, 0.29) is 41.3 Å². The third-order valence-electron chi connectivity index (χ3n) is 10.3. The molecule has 3 fully saturated rings. The van der Waals surface area contributed by atoms with E-state index in [1.807, 2.05) is 18.2 Å². The van der Waals surface area contributed by atoms with Crippen molar-refractivity contribution in [1.82, 2.24) is 20.2 Å². The topological polar surface area (TPSA) is 169 Å². The van der Waals surface area contributed by atoms with E-state index in [9.17, 15) is 32.3 Å². The Balaban J connectivity index is 0.928. The van der Waals surface area contributed by atoms with Crippen molar-refractivity contribution in [2.45, 2.75) is 75.5 Å². The Morgan fingerprint density at radius 3 is 2.54 bits per heavy atom. The average molecular weight is 718 g/mol. The molecule has 12 nitrogen and oxygen atoms in total. The molecule has 1 atom stereocenters. The normalized spacial score (nSPS) is 23.1. The van der Waals surface area contributed by atoms with Crippen molar-refractivity contribution in [1.29, 1.82) is 0 Å². The molecule has 0 spiro atoms. The van der Waals surface area contributed by atoms with Crippen molar-refractivity contribution >= 4 is 52.1 Å². The molecule has 4 aliphatic rings. The lowest BCUT2D eigenvalue weighted by Gasteiger charge is -2.32. The molecule has 272 valence electrons. The Bertz CT molecular complexity index is 1990. The molecule has 4 heterocycles. The van der Waals surface area contributed by atoms with E-state index in [0.29, 0.717) is 48.3 Å². The molecule has 15 heteroatoms. The molecule has 0 radical (unpaired) electrons. The zero-order valence-electron chi connectivity index (χ0n) is 28.2. The number of hydrogen-bond acceptors (Lipinski definition) is 10. The first kappa shape index (κ1) is 35.2. The number of nitrogens with zero attached hydrogens (tertiary/aromatic N) is 4. The van der Waals surface area contributed by atoms with Crippen molar-refractivity contribution in [3.8, 4) is 0 Å². The van der Waals surface area contributed by atoms with Crippen LogP contribution in [-0.2, 0) is 14.3 Å². The van der Waals surface area contributed by atoms with Crippen LogP contribution < -0.4 is 16.4 Å². The van der Waals surface area contributed by atoms with Crippen LogP contribution in [0.2, 0.25) is 0 Å². The number of halogens is 3. The van der Waals surface area contributed by atoms with Crippen LogP contribution in [0.25, 0.3) is 16.6 Å². The number of amides is 4. The number of anilines is 1.